The normalized spacial score (nSPS) is 16.1. The second-order valence-corrected chi connectivity index (χ2v) is 5.07. The van der Waals surface area contributed by atoms with E-state index in [4.69, 9.17) is 9.63 Å². The number of nitrogens with zero attached hydrogens (tertiary/aromatic N) is 3. The summed E-state index contributed by atoms with van der Waals surface area (Å²) < 4.78 is 5.16. The minimum absolute atomic E-state index is 0.314. The van der Waals surface area contributed by atoms with Crippen LogP contribution in [0.4, 0.5) is 0 Å². The van der Waals surface area contributed by atoms with Crippen molar-refractivity contribution in [3.8, 4) is 0 Å². The standard InChI is InChI=1S/C14H15N3O3/c1-9-15-13(20-16-9)12-7-17(8-12)6-10-2-4-11(5-3-10)14(18)19/h2-5,12H,6-8H2,1H3,(H,18,19). The van der Waals surface area contributed by atoms with Crippen LogP contribution in [0.2, 0.25) is 0 Å². The Hall–Kier alpha value is -2.21. The summed E-state index contributed by atoms with van der Waals surface area (Å²) in [4.78, 5) is 17.3. The summed E-state index contributed by atoms with van der Waals surface area (Å²) >= 11 is 0. The average Bonchev–Trinajstić information content (AvgIpc) is 2.80. The summed E-state index contributed by atoms with van der Waals surface area (Å²) in [6.07, 6.45) is 0. The van der Waals surface area contributed by atoms with Crippen LogP contribution in [0, 0.1) is 6.92 Å². The van der Waals surface area contributed by atoms with Crippen LogP contribution in [0.15, 0.2) is 28.8 Å². The van der Waals surface area contributed by atoms with Gasteiger partial charge in [0.05, 0.1) is 11.5 Å². The van der Waals surface area contributed by atoms with E-state index in [1.165, 1.54) is 0 Å². The highest BCUT2D eigenvalue weighted by atomic mass is 16.5. The third-order valence-electron chi connectivity index (χ3n) is 3.46. The lowest BCUT2D eigenvalue weighted by Gasteiger charge is -2.37. The zero-order valence-electron chi connectivity index (χ0n) is 11.1. The summed E-state index contributed by atoms with van der Waals surface area (Å²) in [5, 5.41) is 12.6. The molecular weight excluding hydrogens is 258 g/mol. The number of rotatable bonds is 4. The maximum Gasteiger partial charge on any atom is 0.335 e. The lowest BCUT2D eigenvalue weighted by Crippen LogP contribution is -2.44. The fourth-order valence-corrected chi connectivity index (χ4v) is 2.35. The molecule has 6 heteroatoms. The second-order valence-electron chi connectivity index (χ2n) is 5.07. The number of hydrogen-bond donors (Lipinski definition) is 1. The van der Waals surface area contributed by atoms with Crippen molar-refractivity contribution in [1.82, 2.24) is 15.0 Å². The number of carboxylic acid groups (broad SMARTS) is 1. The number of carbonyl (C=O) groups is 1. The third-order valence-corrected chi connectivity index (χ3v) is 3.46. The zero-order chi connectivity index (χ0) is 14.1. The fourth-order valence-electron chi connectivity index (χ4n) is 2.35. The number of hydrogen-bond acceptors (Lipinski definition) is 5. The molecule has 0 bridgehead atoms. The molecule has 0 aliphatic carbocycles. The molecule has 1 aromatic carbocycles. The first-order valence-electron chi connectivity index (χ1n) is 6.46. The highest BCUT2D eigenvalue weighted by Crippen LogP contribution is 2.27. The molecule has 1 N–H and O–H groups in total. The number of aromatic carboxylic acids is 1. The Morgan fingerprint density at radius 1 is 1.40 bits per heavy atom. The minimum Gasteiger partial charge on any atom is -0.478 e. The van der Waals surface area contributed by atoms with Gasteiger partial charge in [-0.2, -0.15) is 4.98 Å². The van der Waals surface area contributed by atoms with Crippen LogP contribution in [-0.2, 0) is 6.54 Å². The molecule has 1 fully saturated rings. The van der Waals surface area contributed by atoms with E-state index in [1.807, 2.05) is 19.1 Å². The summed E-state index contributed by atoms with van der Waals surface area (Å²) in [5.41, 5.74) is 1.42. The van der Waals surface area contributed by atoms with Crippen molar-refractivity contribution in [1.29, 1.82) is 0 Å². The van der Waals surface area contributed by atoms with E-state index in [0.717, 1.165) is 25.2 Å². The summed E-state index contributed by atoms with van der Waals surface area (Å²) in [5.74, 6) is 0.796. The van der Waals surface area contributed by atoms with Crippen molar-refractivity contribution in [2.75, 3.05) is 13.1 Å². The van der Waals surface area contributed by atoms with E-state index < -0.39 is 5.97 Å². The molecular formula is C14H15N3O3. The molecule has 1 aliphatic heterocycles. The molecule has 1 saturated heterocycles. The molecule has 1 aromatic heterocycles. The molecule has 104 valence electrons. The molecule has 0 atom stereocenters. The van der Waals surface area contributed by atoms with E-state index in [2.05, 4.69) is 15.0 Å². The van der Waals surface area contributed by atoms with Crippen molar-refractivity contribution in [2.24, 2.45) is 0 Å². The Labute approximate surface area is 116 Å². The monoisotopic (exact) mass is 273 g/mol. The molecule has 0 unspecified atom stereocenters. The van der Waals surface area contributed by atoms with Gasteiger partial charge < -0.3 is 9.63 Å². The molecule has 1 aliphatic rings. The predicted octanol–water partition coefficient (Wildman–Crippen LogP) is 1.68. The van der Waals surface area contributed by atoms with Crippen LogP contribution in [0.25, 0.3) is 0 Å². The van der Waals surface area contributed by atoms with E-state index in [1.54, 1.807) is 12.1 Å². The zero-order valence-corrected chi connectivity index (χ0v) is 11.1. The van der Waals surface area contributed by atoms with Gasteiger partial charge in [0.25, 0.3) is 0 Å². The smallest absolute Gasteiger partial charge is 0.335 e. The van der Waals surface area contributed by atoms with Gasteiger partial charge in [-0.25, -0.2) is 4.79 Å². The number of aryl methyl sites for hydroxylation is 1. The highest BCUT2D eigenvalue weighted by Gasteiger charge is 2.32. The molecule has 0 spiro atoms. The second kappa shape index (κ2) is 5.05. The number of aromatic nitrogens is 2. The Morgan fingerprint density at radius 2 is 2.10 bits per heavy atom. The van der Waals surface area contributed by atoms with Crippen LogP contribution >= 0.6 is 0 Å². The quantitative estimate of drug-likeness (QED) is 0.913. The maximum atomic E-state index is 10.8. The Kier molecular flexibility index (Phi) is 3.23. The summed E-state index contributed by atoms with van der Waals surface area (Å²) in [7, 11) is 0. The molecule has 6 nitrogen and oxygen atoms in total. The molecule has 0 amide bonds. The lowest BCUT2D eigenvalue weighted by molar-refractivity contribution is 0.0697. The minimum atomic E-state index is -0.896. The number of benzene rings is 1. The van der Waals surface area contributed by atoms with Crippen molar-refractivity contribution in [2.45, 2.75) is 19.4 Å². The van der Waals surface area contributed by atoms with Gasteiger partial charge in [-0.3, -0.25) is 4.90 Å². The Balaban J connectivity index is 1.54. The fraction of sp³-hybridized carbons (Fsp3) is 0.357. The van der Waals surface area contributed by atoms with E-state index in [-0.39, 0.29) is 0 Å². The van der Waals surface area contributed by atoms with Crippen molar-refractivity contribution >= 4 is 5.97 Å². The van der Waals surface area contributed by atoms with Crippen LogP contribution in [0.1, 0.15) is 33.6 Å². The SMILES string of the molecule is Cc1noc(C2CN(Cc3ccc(C(=O)O)cc3)C2)n1. The van der Waals surface area contributed by atoms with Crippen molar-refractivity contribution in [3.63, 3.8) is 0 Å². The van der Waals surface area contributed by atoms with E-state index in [9.17, 15) is 4.79 Å². The summed E-state index contributed by atoms with van der Waals surface area (Å²) in [6.45, 7) is 4.40. The Morgan fingerprint density at radius 3 is 2.65 bits per heavy atom. The van der Waals surface area contributed by atoms with Gasteiger partial charge in [-0.15, -0.1) is 0 Å². The van der Waals surface area contributed by atoms with Gasteiger partial charge in [0.2, 0.25) is 5.89 Å². The molecule has 20 heavy (non-hydrogen) atoms. The van der Waals surface area contributed by atoms with Crippen LogP contribution in [-0.4, -0.2) is 39.2 Å². The predicted molar refractivity (Wildman–Crippen MR) is 70.5 cm³/mol. The van der Waals surface area contributed by atoms with Crippen molar-refractivity contribution < 1.29 is 14.4 Å². The third kappa shape index (κ3) is 2.55. The Bertz CT molecular complexity index is 615. The molecule has 2 heterocycles. The van der Waals surface area contributed by atoms with Gasteiger partial charge in [0.1, 0.15) is 0 Å². The molecule has 0 radical (unpaired) electrons. The van der Waals surface area contributed by atoms with E-state index >= 15 is 0 Å². The topological polar surface area (TPSA) is 79.5 Å². The summed E-state index contributed by atoms with van der Waals surface area (Å²) in [6, 6.07) is 6.98. The molecule has 0 saturated carbocycles. The molecule has 3 rings (SSSR count). The lowest BCUT2D eigenvalue weighted by atomic mass is 9.99. The van der Waals surface area contributed by atoms with Gasteiger partial charge in [-0.1, -0.05) is 17.3 Å². The van der Waals surface area contributed by atoms with Crippen LogP contribution in [0.3, 0.4) is 0 Å². The average molecular weight is 273 g/mol. The first kappa shape index (κ1) is 12.8. The number of likely N-dealkylation sites (tertiary alicyclic amines) is 1. The van der Waals surface area contributed by atoms with Crippen LogP contribution < -0.4 is 0 Å². The largest absolute Gasteiger partial charge is 0.478 e. The van der Waals surface area contributed by atoms with Crippen LogP contribution in [0.5, 0.6) is 0 Å². The molecule has 2 aromatic rings. The number of carboxylic acids is 1. The van der Waals surface area contributed by atoms with Gasteiger partial charge in [0.15, 0.2) is 5.82 Å². The highest BCUT2D eigenvalue weighted by molar-refractivity contribution is 5.87. The first-order valence-corrected chi connectivity index (χ1v) is 6.46. The van der Waals surface area contributed by atoms with Crippen molar-refractivity contribution in [3.05, 3.63) is 47.1 Å². The van der Waals surface area contributed by atoms with Gasteiger partial charge in [-0.05, 0) is 24.6 Å². The van der Waals surface area contributed by atoms with Gasteiger partial charge >= 0.3 is 5.97 Å². The van der Waals surface area contributed by atoms with E-state index in [0.29, 0.717) is 23.2 Å². The first-order chi connectivity index (χ1) is 9.61. The van der Waals surface area contributed by atoms with Gasteiger partial charge in [0, 0.05) is 19.6 Å². The maximum absolute atomic E-state index is 10.8.